The largest absolute Gasteiger partial charge is 0.399 e. The van der Waals surface area contributed by atoms with Crippen LogP contribution in [0.1, 0.15) is 31.8 Å². The number of benzene rings is 1. The van der Waals surface area contributed by atoms with Crippen LogP contribution >= 0.6 is 0 Å². The Hall–Kier alpha value is -1.36. The molecule has 5 heteroatoms. The van der Waals surface area contributed by atoms with Crippen molar-refractivity contribution in [2.45, 2.75) is 32.2 Å². The maximum Gasteiger partial charge on any atom is 0.265 e. The monoisotopic (exact) mass is 269 g/mol. The highest BCUT2D eigenvalue weighted by Crippen LogP contribution is 2.29. The predicted octanol–water partition coefficient (Wildman–Crippen LogP) is 3.10. The summed E-state index contributed by atoms with van der Waals surface area (Å²) in [6.07, 6.45) is -0.0433. The van der Waals surface area contributed by atoms with Crippen molar-refractivity contribution in [2.75, 3.05) is 30.7 Å². The van der Waals surface area contributed by atoms with E-state index in [-0.39, 0.29) is 11.6 Å². The van der Waals surface area contributed by atoms with Crippen molar-refractivity contribution in [3.05, 3.63) is 23.8 Å². The van der Waals surface area contributed by atoms with E-state index in [1.807, 2.05) is 6.92 Å². The minimum atomic E-state index is -2.51. The van der Waals surface area contributed by atoms with Gasteiger partial charge in [0, 0.05) is 29.5 Å². The van der Waals surface area contributed by atoms with Crippen LogP contribution in [0.15, 0.2) is 18.2 Å². The van der Waals surface area contributed by atoms with Crippen molar-refractivity contribution < 1.29 is 8.78 Å². The third kappa shape index (κ3) is 3.80. The zero-order valence-corrected chi connectivity index (χ0v) is 11.2. The first-order chi connectivity index (χ1) is 9.06. The summed E-state index contributed by atoms with van der Waals surface area (Å²) in [7, 11) is 0. The average Bonchev–Trinajstić information content (AvgIpc) is 2.83. The lowest BCUT2D eigenvalue weighted by Gasteiger charge is -2.23. The predicted molar refractivity (Wildman–Crippen MR) is 74.6 cm³/mol. The van der Waals surface area contributed by atoms with E-state index in [9.17, 15) is 8.78 Å². The van der Waals surface area contributed by atoms with Crippen LogP contribution in [0.25, 0.3) is 0 Å². The molecule has 1 unspecified atom stereocenters. The maximum atomic E-state index is 13.0. The van der Waals surface area contributed by atoms with Crippen molar-refractivity contribution in [1.29, 1.82) is 0 Å². The Kier molecular flexibility index (Phi) is 4.58. The van der Waals surface area contributed by atoms with Gasteiger partial charge in [-0.15, -0.1) is 0 Å². The molecule has 0 aliphatic carbocycles. The molecule has 0 bridgehead atoms. The van der Waals surface area contributed by atoms with E-state index in [0.29, 0.717) is 11.4 Å². The standard InChI is InChI=1S/C14H21F2N3/c1-10(9-19-6-2-3-7-19)18-13-5-4-11(17)8-12(13)14(15)16/h4-5,8,10,14,18H,2-3,6-7,9,17H2,1H3. The highest BCUT2D eigenvalue weighted by atomic mass is 19.3. The smallest absolute Gasteiger partial charge is 0.265 e. The summed E-state index contributed by atoms with van der Waals surface area (Å²) in [5.74, 6) is 0. The van der Waals surface area contributed by atoms with E-state index in [4.69, 9.17) is 5.73 Å². The van der Waals surface area contributed by atoms with Crippen molar-refractivity contribution in [3.63, 3.8) is 0 Å². The second kappa shape index (κ2) is 6.19. The van der Waals surface area contributed by atoms with E-state index in [1.165, 1.54) is 18.9 Å². The van der Waals surface area contributed by atoms with Crippen LogP contribution in [0, 0.1) is 0 Å². The zero-order valence-electron chi connectivity index (χ0n) is 11.2. The minimum Gasteiger partial charge on any atom is -0.399 e. The summed E-state index contributed by atoms with van der Waals surface area (Å²) in [4.78, 5) is 2.36. The first-order valence-corrected chi connectivity index (χ1v) is 6.72. The van der Waals surface area contributed by atoms with Gasteiger partial charge >= 0.3 is 0 Å². The molecule has 2 rings (SSSR count). The van der Waals surface area contributed by atoms with Gasteiger partial charge in [0.05, 0.1) is 0 Å². The molecular weight excluding hydrogens is 248 g/mol. The highest BCUT2D eigenvalue weighted by molar-refractivity contribution is 5.59. The molecule has 0 radical (unpaired) electrons. The second-order valence-electron chi connectivity index (χ2n) is 5.20. The van der Waals surface area contributed by atoms with Crippen LogP contribution in [0.5, 0.6) is 0 Å². The molecular formula is C14H21F2N3. The topological polar surface area (TPSA) is 41.3 Å². The van der Waals surface area contributed by atoms with Crippen LogP contribution in [0.3, 0.4) is 0 Å². The van der Waals surface area contributed by atoms with E-state index in [1.54, 1.807) is 12.1 Å². The Morgan fingerprint density at radius 1 is 1.32 bits per heavy atom. The molecule has 106 valence electrons. The van der Waals surface area contributed by atoms with E-state index in [2.05, 4.69) is 10.2 Å². The molecule has 1 saturated heterocycles. The Labute approximate surface area is 112 Å². The molecule has 19 heavy (non-hydrogen) atoms. The number of hydrogen-bond acceptors (Lipinski definition) is 3. The fourth-order valence-electron chi connectivity index (χ4n) is 2.56. The number of hydrogen-bond donors (Lipinski definition) is 2. The quantitative estimate of drug-likeness (QED) is 0.807. The molecule has 3 N–H and O–H groups in total. The van der Waals surface area contributed by atoms with Gasteiger partial charge in [-0.05, 0) is 51.1 Å². The van der Waals surface area contributed by atoms with Crippen LogP contribution < -0.4 is 11.1 Å². The highest BCUT2D eigenvalue weighted by Gasteiger charge is 2.17. The zero-order chi connectivity index (χ0) is 13.8. The van der Waals surface area contributed by atoms with Crippen molar-refractivity contribution in [1.82, 2.24) is 4.90 Å². The van der Waals surface area contributed by atoms with Gasteiger partial charge in [-0.3, -0.25) is 0 Å². The van der Waals surface area contributed by atoms with Gasteiger partial charge in [0.1, 0.15) is 0 Å². The number of likely N-dealkylation sites (tertiary alicyclic amines) is 1. The lowest BCUT2D eigenvalue weighted by atomic mass is 10.1. The van der Waals surface area contributed by atoms with Gasteiger partial charge in [0.2, 0.25) is 0 Å². The molecule has 0 spiro atoms. The summed E-state index contributed by atoms with van der Waals surface area (Å²) in [6.45, 7) is 5.11. The Morgan fingerprint density at radius 3 is 2.63 bits per heavy atom. The molecule has 0 aromatic heterocycles. The second-order valence-corrected chi connectivity index (χ2v) is 5.20. The number of halogens is 2. The van der Waals surface area contributed by atoms with Gasteiger partial charge in [0.15, 0.2) is 0 Å². The van der Waals surface area contributed by atoms with Crippen LogP contribution in [0.2, 0.25) is 0 Å². The summed E-state index contributed by atoms with van der Waals surface area (Å²) in [5.41, 5.74) is 6.39. The fourth-order valence-corrected chi connectivity index (χ4v) is 2.56. The molecule has 1 aromatic carbocycles. The third-order valence-electron chi connectivity index (χ3n) is 3.44. The van der Waals surface area contributed by atoms with Gasteiger partial charge in [-0.2, -0.15) is 0 Å². The fraction of sp³-hybridized carbons (Fsp3) is 0.571. The first kappa shape index (κ1) is 14.1. The van der Waals surface area contributed by atoms with Crippen LogP contribution in [-0.2, 0) is 0 Å². The molecule has 1 aliphatic heterocycles. The van der Waals surface area contributed by atoms with Crippen molar-refractivity contribution in [3.8, 4) is 0 Å². The minimum absolute atomic E-state index is 0.0201. The van der Waals surface area contributed by atoms with E-state index < -0.39 is 6.43 Å². The summed E-state index contributed by atoms with van der Waals surface area (Å²) in [5, 5.41) is 3.17. The Morgan fingerprint density at radius 2 is 2.00 bits per heavy atom. The van der Waals surface area contributed by atoms with Gasteiger partial charge < -0.3 is 16.0 Å². The van der Waals surface area contributed by atoms with Crippen molar-refractivity contribution >= 4 is 11.4 Å². The SMILES string of the molecule is CC(CN1CCCC1)Nc1ccc(N)cc1C(F)F. The first-order valence-electron chi connectivity index (χ1n) is 6.72. The number of nitrogens with one attached hydrogen (secondary N) is 1. The van der Waals surface area contributed by atoms with Crippen molar-refractivity contribution in [2.24, 2.45) is 0 Å². The van der Waals surface area contributed by atoms with Gasteiger partial charge in [-0.25, -0.2) is 8.78 Å². The summed E-state index contributed by atoms with van der Waals surface area (Å²) < 4.78 is 25.9. The lowest BCUT2D eigenvalue weighted by Crippen LogP contribution is -2.33. The molecule has 0 amide bonds. The molecule has 1 fully saturated rings. The normalized spacial score (nSPS) is 17.9. The number of nitrogens with zero attached hydrogens (tertiary/aromatic N) is 1. The number of nitrogens with two attached hydrogens (primary N) is 1. The summed E-state index contributed by atoms with van der Waals surface area (Å²) >= 11 is 0. The number of alkyl halides is 2. The molecule has 1 aliphatic rings. The third-order valence-corrected chi connectivity index (χ3v) is 3.44. The number of rotatable bonds is 5. The molecule has 0 saturated carbocycles. The van der Waals surface area contributed by atoms with E-state index >= 15 is 0 Å². The van der Waals surface area contributed by atoms with Crippen LogP contribution in [-0.4, -0.2) is 30.6 Å². The number of nitrogen functional groups attached to an aromatic ring is 1. The molecule has 3 nitrogen and oxygen atoms in total. The molecule has 1 heterocycles. The lowest BCUT2D eigenvalue weighted by molar-refractivity contribution is 0.152. The van der Waals surface area contributed by atoms with Gasteiger partial charge in [-0.1, -0.05) is 0 Å². The summed E-state index contributed by atoms with van der Waals surface area (Å²) in [6, 6.07) is 4.77. The van der Waals surface area contributed by atoms with Crippen LogP contribution in [0.4, 0.5) is 20.2 Å². The molecule has 1 aromatic rings. The Bertz CT molecular complexity index is 417. The Balaban J connectivity index is 2.01. The maximum absolute atomic E-state index is 13.0. The van der Waals surface area contributed by atoms with E-state index in [0.717, 1.165) is 19.6 Å². The number of anilines is 2. The average molecular weight is 269 g/mol. The molecule has 1 atom stereocenters. The van der Waals surface area contributed by atoms with Gasteiger partial charge in [0.25, 0.3) is 6.43 Å².